The lowest BCUT2D eigenvalue weighted by molar-refractivity contribution is -0.115. The molecule has 0 bridgehead atoms. The van der Waals surface area contributed by atoms with Crippen LogP contribution in [0.5, 0.6) is 0 Å². The molecule has 0 aliphatic carbocycles. The zero-order valence-electron chi connectivity index (χ0n) is 14.2. The van der Waals surface area contributed by atoms with Gasteiger partial charge in [-0.1, -0.05) is 18.2 Å². The maximum atomic E-state index is 12.2. The highest BCUT2D eigenvalue weighted by Gasteiger charge is 2.24. The van der Waals surface area contributed by atoms with Crippen LogP contribution in [0.25, 0.3) is 6.08 Å². The Morgan fingerprint density at radius 3 is 2.52 bits per heavy atom. The Hall–Kier alpha value is -3.39. The number of carboxylic acids is 1. The van der Waals surface area contributed by atoms with Crippen molar-refractivity contribution >= 4 is 52.2 Å². The molecule has 1 fully saturated rings. The molecule has 3 N–H and O–H groups in total. The summed E-state index contributed by atoms with van der Waals surface area (Å²) in [5.41, 5.74) is 1.83. The molecule has 1 saturated heterocycles. The van der Waals surface area contributed by atoms with Crippen molar-refractivity contribution in [3.05, 3.63) is 64.6 Å². The average Bonchev–Trinajstić information content (AvgIpc) is 2.95. The first kappa shape index (κ1) is 18.4. The summed E-state index contributed by atoms with van der Waals surface area (Å²) in [5, 5.41) is 15.0. The lowest BCUT2D eigenvalue weighted by atomic mass is 10.1. The van der Waals surface area contributed by atoms with Crippen molar-refractivity contribution in [1.82, 2.24) is 5.32 Å². The predicted molar refractivity (Wildman–Crippen MR) is 105 cm³/mol. The second-order valence-corrected chi connectivity index (χ2v) is 6.63. The standard InChI is InChI=1S/C19H15N3O4S/c1-11(23)20-13-6-8-14(9-7-13)21-19-22-17(24)16(27-19)10-12-4-2-3-5-15(12)18(25)26/h2-10H,1H3,(H,20,23)(H,25,26)(H,21,22,24)/b16-10+. The van der Waals surface area contributed by atoms with Gasteiger partial charge in [-0.3, -0.25) is 9.59 Å². The number of hydrogen-bond acceptors (Lipinski definition) is 5. The molecular weight excluding hydrogens is 366 g/mol. The molecule has 2 aromatic rings. The number of thioether (sulfide) groups is 1. The van der Waals surface area contributed by atoms with Crippen LogP contribution in [0.15, 0.2) is 58.4 Å². The van der Waals surface area contributed by atoms with Gasteiger partial charge in [0.25, 0.3) is 5.91 Å². The van der Waals surface area contributed by atoms with Crippen molar-refractivity contribution in [3.8, 4) is 0 Å². The van der Waals surface area contributed by atoms with Crippen LogP contribution in [-0.2, 0) is 9.59 Å². The highest BCUT2D eigenvalue weighted by atomic mass is 32.2. The molecule has 7 nitrogen and oxygen atoms in total. The van der Waals surface area contributed by atoms with Gasteiger partial charge < -0.3 is 15.7 Å². The SMILES string of the molecule is CC(=O)Nc1ccc(N=C2NC(=O)/C(=C\c3ccccc3C(=O)O)S2)cc1. The molecule has 0 unspecified atom stereocenters. The Morgan fingerprint density at radius 2 is 1.85 bits per heavy atom. The average molecular weight is 381 g/mol. The fourth-order valence-electron chi connectivity index (χ4n) is 2.38. The minimum absolute atomic E-state index is 0.123. The van der Waals surface area contributed by atoms with E-state index >= 15 is 0 Å². The smallest absolute Gasteiger partial charge is 0.336 e. The number of nitrogens with one attached hydrogen (secondary N) is 2. The van der Waals surface area contributed by atoms with E-state index in [2.05, 4.69) is 15.6 Å². The third-order valence-corrected chi connectivity index (χ3v) is 4.46. The van der Waals surface area contributed by atoms with E-state index in [0.717, 1.165) is 11.8 Å². The van der Waals surface area contributed by atoms with Crippen LogP contribution in [0.1, 0.15) is 22.8 Å². The molecule has 3 rings (SSSR count). The molecule has 1 heterocycles. The van der Waals surface area contributed by atoms with E-state index in [1.807, 2.05) is 0 Å². The lowest BCUT2D eigenvalue weighted by Crippen LogP contribution is -2.19. The highest BCUT2D eigenvalue weighted by Crippen LogP contribution is 2.29. The number of aromatic carboxylic acids is 1. The minimum Gasteiger partial charge on any atom is -0.478 e. The number of aliphatic imine (C=N–C) groups is 1. The maximum Gasteiger partial charge on any atom is 0.336 e. The normalized spacial score (nSPS) is 16.4. The number of rotatable bonds is 4. The number of carbonyl (C=O) groups excluding carboxylic acids is 2. The van der Waals surface area contributed by atoms with Gasteiger partial charge in [-0.05, 0) is 53.7 Å². The molecule has 0 spiro atoms. The van der Waals surface area contributed by atoms with Crippen LogP contribution in [-0.4, -0.2) is 28.1 Å². The Balaban J connectivity index is 1.80. The Morgan fingerprint density at radius 1 is 1.15 bits per heavy atom. The van der Waals surface area contributed by atoms with E-state index in [4.69, 9.17) is 0 Å². The van der Waals surface area contributed by atoms with Gasteiger partial charge >= 0.3 is 5.97 Å². The summed E-state index contributed by atoms with van der Waals surface area (Å²) in [4.78, 5) is 39.2. The third kappa shape index (κ3) is 4.62. The molecule has 2 aromatic carbocycles. The summed E-state index contributed by atoms with van der Waals surface area (Å²) >= 11 is 1.13. The van der Waals surface area contributed by atoms with Gasteiger partial charge in [0, 0.05) is 12.6 Å². The molecular formula is C19H15N3O4S. The fraction of sp³-hybridized carbons (Fsp3) is 0.0526. The van der Waals surface area contributed by atoms with Gasteiger partial charge in [-0.25, -0.2) is 9.79 Å². The number of amides is 2. The van der Waals surface area contributed by atoms with Crippen molar-refractivity contribution in [1.29, 1.82) is 0 Å². The Labute approximate surface area is 159 Å². The van der Waals surface area contributed by atoms with E-state index in [1.54, 1.807) is 42.5 Å². The van der Waals surface area contributed by atoms with E-state index in [0.29, 0.717) is 27.0 Å². The van der Waals surface area contributed by atoms with Crippen LogP contribution in [0.4, 0.5) is 11.4 Å². The van der Waals surface area contributed by atoms with E-state index in [9.17, 15) is 19.5 Å². The van der Waals surface area contributed by atoms with Crippen LogP contribution >= 0.6 is 11.8 Å². The van der Waals surface area contributed by atoms with E-state index in [-0.39, 0.29) is 17.4 Å². The maximum absolute atomic E-state index is 12.2. The molecule has 1 aliphatic rings. The molecule has 136 valence electrons. The first-order valence-corrected chi connectivity index (χ1v) is 8.73. The van der Waals surface area contributed by atoms with Gasteiger partial charge in [-0.15, -0.1) is 0 Å². The third-order valence-electron chi connectivity index (χ3n) is 3.55. The van der Waals surface area contributed by atoms with Gasteiger partial charge in [0.2, 0.25) is 5.91 Å². The van der Waals surface area contributed by atoms with Gasteiger partial charge in [0.05, 0.1) is 16.2 Å². The highest BCUT2D eigenvalue weighted by molar-refractivity contribution is 8.18. The number of carbonyl (C=O) groups is 3. The van der Waals surface area contributed by atoms with Crippen LogP contribution in [0, 0.1) is 0 Å². The van der Waals surface area contributed by atoms with E-state index in [1.165, 1.54) is 19.1 Å². The lowest BCUT2D eigenvalue weighted by Gasteiger charge is -2.02. The summed E-state index contributed by atoms with van der Waals surface area (Å²) < 4.78 is 0. The van der Waals surface area contributed by atoms with Crippen molar-refractivity contribution in [2.45, 2.75) is 6.92 Å². The number of carboxylic acid groups (broad SMARTS) is 1. The van der Waals surface area contributed by atoms with Gasteiger partial charge in [0.15, 0.2) is 5.17 Å². The quantitative estimate of drug-likeness (QED) is 0.705. The van der Waals surface area contributed by atoms with E-state index < -0.39 is 5.97 Å². The number of hydrogen-bond donors (Lipinski definition) is 3. The van der Waals surface area contributed by atoms with Crippen molar-refractivity contribution in [2.24, 2.45) is 4.99 Å². The second kappa shape index (κ2) is 7.88. The molecule has 0 aromatic heterocycles. The summed E-state index contributed by atoms with van der Waals surface area (Å²) in [5.74, 6) is -1.56. The number of nitrogens with zero attached hydrogens (tertiary/aromatic N) is 1. The predicted octanol–water partition coefficient (Wildman–Crippen LogP) is 3.23. The Kier molecular flexibility index (Phi) is 5.37. The molecule has 2 amide bonds. The Bertz CT molecular complexity index is 981. The van der Waals surface area contributed by atoms with Crippen molar-refractivity contribution in [3.63, 3.8) is 0 Å². The topological polar surface area (TPSA) is 108 Å². The fourth-order valence-corrected chi connectivity index (χ4v) is 3.21. The minimum atomic E-state index is -1.06. The molecule has 27 heavy (non-hydrogen) atoms. The number of amidine groups is 1. The summed E-state index contributed by atoms with van der Waals surface area (Å²) in [6.45, 7) is 1.43. The first-order valence-electron chi connectivity index (χ1n) is 7.92. The van der Waals surface area contributed by atoms with Crippen molar-refractivity contribution < 1.29 is 19.5 Å². The second-order valence-electron chi connectivity index (χ2n) is 5.60. The number of benzene rings is 2. The van der Waals surface area contributed by atoms with Gasteiger partial charge in [-0.2, -0.15) is 0 Å². The first-order chi connectivity index (χ1) is 12.9. The largest absolute Gasteiger partial charge is 0.478 e. The van der Waals surface area contributed by atoms with Crippen molar-refractivity contribution in [2.75, 3.05) is 5.32 Å². The molecule has 1 aliphatic heterocycles. The molecule has 0 saturated carbocycles. The molecule has 8 heteroatoms. The van der Waals surface area contributed by atoms with Crippen LogP contribution < -0.4 is 10.6 Å². The van der Waals surface area contributed by atoms with Crippen LogP contribution in [0.2, 0.25) is 0 Å². The zero-order chi connectivity index (χ0) is 19.4. The molecule has 0 radical (unpaired) electrons. The summed E-state index contributed by atoms with van der Waals surface area (Å²) in [7, 11) is 0. The number of anilines is 1. The van der Waals surface area contributed by atoms with Gasteiger partial charge in [0.1, 0.15) is 0 Å². The zero-order valence-corrected chi connectivity index (χ0v) is 15.0. The summed E-state index contributed by atoms with van der Waals surface area (Å²) in [6.07, 6.45) is 1.53. The molecule has 0 atom stereocenters. The summed E-state index contributed by atoms with van der Waals surface area (Å²) in [6, 6.07) is 13.3. The van der Waals surface area contributed by atoms with Crippen LogP contribution in [0.3, 0.4) is 0 Å². The monoisotopic (exact) mass is 381 g/mol.